The molecule has 0 aromatic heterocycles. The second-order valence-corrected chi connectivity index (χ2v) is 5.60. The summed E-state index contributed by atoms with van der Waals surface area (Å²) in [6.07, 6.45) is 3.71. The number of carboxylic acid groups (broad SMARTS) is 1. The zero-order chi connectivity index (χ0) is 18.5. The van der Waals surface area contributed by atoms with Crippen molar-refractivity contribution in [3.63, 3.8) is 0 Å². The van der Waals surface area contributed by atoms with Gasteiger partial charge >= 0.3 is 5.97 Å². The molecule has 5 heteroatoms. The summed E-state index contributed by atoms with van der Waals surface area (Å²) in [6, 6.07) is 17.4. The standard InChI is InChI=1S/C21H15F2NO2/c22-16-9-11-19(18(23)13-16)24-20-12-15(8-10-17(20)21(25)26)7-6-14-4-2-1-3-5-14/h1-13,24H,(H,25,26)/b7-6+. The van der Waals surface area contributed by atoms with Crippen molar-refractivity contribution in [2.75, 3.05) is 5.32 Å². The van der Waals surface area contributed by atoms with Crippen LogP contribution in [0.3, 0.4) is 0 Å². The zero-order valence-corrected chi connectivity index (χ0v) is 13.6. The van der Waals surface area contributed by atoms with Gasteiger partial charge in [0.05, 0.1) is 16.9 Å². The lowest BCUT2D eigenvalue weighted by Crippen LogP contribution is -2.04. The monoisotopic (exact) mass is 351 g/mol. The van der Waals surface area contributed by atoms with Crippen molar-refractivity contribution < 1.29 is 18.7 Å². The molecule has 3 rings (SSSR count). The summed E-state index contributed by atoms with van der Waals surface area (Å²) in [5, 5.41) is 12.1. The molecule has 0 heterocycles. The van der Waals surface area contributed by atoms with E-state index in [1.54, 1.807) is 12.1 Å². The topological polar surface area (TPSA) is 49.3 Å². The molecule has 0 atom stereocenters. The molecule has 0 unspecified atom stereocenters. The van der Waals surface area contributed by atoms with Gasteiger partial charge in [-0.3, -0.25) is 0 Å². The largest absolute Gasteiger partial charge is 0.478 e. The van der Waals surface area contributed by atoms with E-state index in [9.17, 15) is 18.7 Å². The quantitative estimate of drug-likeness (QED) is 0.590. The van der Waals surface area contributed by atoms with Crippen molar-refractivity contribution >= 4 is 29.5 Å². The van der Waals surface area contributed by atoms with Crippen LogP contribution < -0.4 is 5.32 Å². The van der Waals surface area contributed by atoms with Gasteiger partial charge in [0.1, 0.15) is 11.6 Å². The molecule has 3 nitrogen and oxygen atoms in total. The average Bonchev–Trinajstić information content (AvgIpc) is 2.63. The summed E-state index contributed by atoms with van der Waals surface area (Å²) in [4.78, 5) is 11.4. The molecule has 3 aromatic rings. The Balaban J connectivity index is 1.94. The molecule has 3 aromatic carbocycles. The van der Waals surface area contributed by atoms with Crippen LogP contribution in [0.1, 0.15) is 21.5 Å². The van der Waals surface area contributed by atoms with Gasteiger partial charge in [0.2, 0.25) is 0 Å². The van der Waals surface area contributed by atoms with Gasteiger partial charge in [-0.25, -0.2) is 13.6 Å². The lowest BCUT2D eigenvalue weighted by atomic mass is 10.1. The first-order chi connectivity index (χ1) is 12.5. The molecule has 0 aliphatic carbocycles. The molecule has 0 radical (unpaired) electrons. The molecule has 0 bridgehead atoms. The summed E-state index contributed by atoms with van der Waals surface area (Å²) in [6.45, 7) is 0. The third kappa shape index (κ3) is 4.13. The van der Waals surface area contributed by atoms with Crippen LogP contribution in [0.15, 0.2) is 66.7 Å². The highest BCUT2D eigenvalue weighted by atomic mass is 19.1. The van der Waals surface area contributed by atoms with Crippen LogP contribution in [0.5, 0.6) is 0 Å². The second kappa shape index (κ2) is 7.61. The fourth-order valence-electron chi connectivity index (χ4n) is 2.45. The van der Waals surface area contributed by atoms with Crippen LogP contribution in [0, 0.1) is 11.6 Å². The van der Waals surface area contributed by atoms with E-state index >= 15 is 0 Å². The Kier molecular flexibility index (Phi) is 5.08. The van der Waals surface area contributed by atoms with E-state index in [-0.39, 0.29) is 16.9 Å². The van der Waals surface area contributed by atoms with Crippen molar-refractivity contribution in [3.05, 3.63) is 95.1 Å². The van der Waals surface area contributed by atoms with Crippen LogP contribution in [0.2, 0.25) is 0 Å². The molecule has 0 saturated heterocycles. The Morgan fingerprint density at radius 1 is 0.846 bits per heavy atom. The Labute approximate surface area is 149 Å². The van der Waals surface area contributed by atoms with Crippen molar-refractivity contribution in [3.8, 4) is 0 Å². The van der Waals surface area contributed by atoms with Crippen LogP contribution in [-0.2, 0) is 0 Å². The van der Waals surface area contributed by atoms with E-state index in [1.807, 2.05) is 42.5 Å². The summed E-state index contributed by atoms with van der Waals surface area (Å²) in [5.74, 6) is -2.65. The van der Waals surface area contributed by atoms with E-state index in [0.717, 1.165) is 23.3 Å². The van der Waals surface area contributed by atoms with Gasteiger partial charge in [0.15, 0.2) is 0 Å². The first-order valence-electron chi connectivity index (χ1n) is 7.85. The van der Waals surface area contributed by atoms with Crippen molar-refractivity contribution in [2.24, 2.45) is 0 Å². The molecule has 0 spiro atoms. The summed E-state index contributed by atoms with van der Waals surface area (Å²) in [5.41, 5.74) is 1.94. The van der Waals surface area contributed by atoms with Crippen molar-refractivity contribution in [2.45, 2.75) is 0 Å². The predicted octanol–water partition coefficient (Wildman–Crippen LogP) is 5.58. The molecule has 0 aliphatic rings. The molecule has 0 amide bonds. The van der Waals surface area contributed by atoms with E-state index < -0.39 is 17.6 Å². The van der Waals surface area contributed by atoms with Gasteiger partial charge in [0, 0.05) is 6.07 Å². The number of rotatable bonds is 5. The highest BCUT2D eigenvalue weighted by Gasteiger charge is 2.12. The Morgan fingerprint density at radius 3 is 2.27 bits per heavy atom. The van der Waals surface area contributed by atoms with Gasteiger partial charge in [-0.2, -0.15) is 0 Å². The Hall–Kier alpha value is -3.47. The molecule has 26 heavy (non-hydrogen) atoms. The molecule has 0 saturated carbocycles. The highest BCUT2D eigenvalue weighted by molar-refractivity contribution is 5.96. The normalized spacial score (nSPS) is 10.8. The Morgan fingerprint density at radius 2 is 1.58 bits per heavy atom. The number of anilines is 2. The smallest absolute Gasteiger partial charge is 0.337 e. The SMILES string of the molecule is O=C(O)c1ccc(/C=C/c2ccccc2)cc1Nc1ccc(F)cc1F. The number of carbonyl (C=O) groups is 1. The lowest BCUT2D eigenvalue weighted by molar-refractivity contribution is 0.0698. The fourth-order valence-corrected chi connectivity index (χ4v) is 2.45. The van der Waals surface area contributed by atoms with Crippen molar-refractivity contribution in [1.82, 2.24) is 0 Å². The van der Waals surface area contributed by atoms with Gasteiger partial charge in [-0.1, -0.05) is 48.6 Å². The molecule has 130 valence electrons. The lowest BCUT2D eigenvalue weighted by Gasteiger charge is -2.11. The maximum Gasteiger partial charge on any atom is 0.337 e. The molecule has 0 fully saturated rings. The minimum atomic E-state index is -1.14. The van der Waals surface area contributed by atoms with E-state index in [0.29, 0.717) is 0 Å². The fraction of sp³-hybridized carbons (Fsp3) is 0. The minimum Gasteiger partial charge on any atom is -0.478 e. The van der Waals surface area contributed by atoms with Gasteiger partial charge in [-0.05, 0) is 35.4 Å². The first kappa shape index (κ1) is 17.4. The van der Waals surface area contributed by atoms with Crippen LogP contribution >= 0.6 is 0 Å². The average molecular weight is 351 g/mol. The zero-order valence-electron chi connectivity index (χ0n) is 13.6. The van der Waals surface area contributed by atoms with Gasteiger partial charge in [-0.15, -0.1) is 0 Å². The van der Waals surface area contributed by atoms with Gasteiger partial charge in [0.25, 0.3) is 0 Å². The van der Waals surface area contributed by atoms with E-state index in [4.69, 9.17) is 0 Å². The van der Waals surface area contributed by atoms with E-state index in [1.165, 1.54) is 12.1 Å². The number of aromatic carboxylic acids is 1. The van der Waals surface area contributed by atoms with E-state index in [2.05, 4.69) is 5.32 Å². The summed E-state index contributed by atoms with van der Waals surface area (Å²) < 4.78 is 26.9. The third-order valence-electron chi connectivity index (χ3n) is 3.74. The summed E-state index contributed by atoms with van der Waals surface area (Å²) >= 11 is 0. The maximum atomic E-state index is 13.9. The van der Waals surface area contributed by atoms with Crippen molar-refractivity contribution in [1.29, 1.82) is 0 Å². The molecular weight excluding hydrogens is 336 g/mol. The number of halogens is 2. The number of carboxylic acids is 1. The Bertz CT molecular complexity index is 969. The second-order valence-electron chi connectivity index (χ2n) is 5.60. The van der Waals surface area contributed by atoms with Crippen LogP contribution in [-0.4, -0.2) is 11.1 Å². The number of benzene rings is 3. The number of hydrogen-bond donors (Lipinski definition) is 2. The molecule has 0 aliphatic heterocycles. The maximum absolute atomic E-state index is 13.9. The van der Waals surface area contributed by atoms with Crippen LogP contribution in [0.25, 0.3) is 12.2 Å². The highest BCUT2D eigenvalue weighted by Crippen LogP contribution is 2.26. The predicted molar refractivity (Wildman–Crippen MR) is 98.4 cm³/mol. The number of nitrogens with one attached hydrogen (secondary N) is 1. The minimum absolute atomic E-state index is 0.00177. The van der Waals surface area contributed by atoms with Crippen LogP contribution in [0.4, 0.5) is 20.2 Å². The number of hydrogen-bond acceptors (Lipinski definition) is 2. The first-order valence-corrected chi connectivity index (χ1v) is 7.85. The molecule has 2 N–H and O–H groups in total. The van der Waals surface area contributed by atoms with Gasteiger partial charge < -0.3 is 10.4 Å². The third-order valence-corrected chi connectivity index (χ3v) is 3.74. The molecular formula is C21H15F2NO2. The summed E-state index contributed by atoms with van der Waals surface area (Å²) in [7, 11) is 0.